The van der Waals surface area contributed by atoms with E-state index in [-0.39, 0.29) is 0 Å². The first-order valence-electron chi connectivity index (χ1n) is 6.21. The number of hydrogen-bond donors (Lipinski definition) is 1. The molecule has 2 rings (SSSR count). The molecule has 1 nitrogen and oxygen atoms in total. The van der Waals surface area contributed by atoms with Crippen LogP contribution in [0.2, 0.25) is 0 Å². The Morgan fingerprint density at radius 3 is 2.81 bits per heavy atom. The molecule has 1 aromatic carbocycles. The van der Waals surface area contributed by atoms with E-state index in [1.807, 2.05) is 11.8 Å². The second-order valence-corrected chi connectivity index (χ2v) is 5.81. The zero-order chi connectivity index (χ0) is 11.4. The second-order valence-electron chi connectivity index (χ2n) is 4.66. The highest BCUT2D eigenvalue weighted by Gasteiger charge is 2.41. The van der Waals surface area contributed by atoms with Crippen LogP contribution in [0.25, 0.3) is 0 Å². The van der Waals surface area contributed by atoms with Crippen LogP contribution in [-0.2, 0) is 0 Å². The van der Waals surface area contributed by atoms with Crippen molar-refractivity contribution in [2.75, 3.05) is 11.5 Å². The van der Waals surface area contributed by atoms with Crippen molar-refractivity contribution in [3.8, 4) is 0 Å². The van der Waals surface area contributed by atoms with Gasteiger partial charge in [-0.05, 0) is 36.0 Å². The molecule has 0 bridgehead atoms. The maximum atomic E-state index is 6.23. The Hall–Kier alpha value is -0.470. The van der Waals surface area contributed by atoms with Crippen molar-refractivity contribution in [3.63, 3.8) is 0 Å². The molecule has 2 N–H and O–H groups in total. The molecular formula is C14H21NS. The molecule has 0 aromatic heterocycles. The Morgan fingerprint density at radius 2 is 2.12 bits per heavy atom. The zero-order valence-corrected chi connectivity index (χ0v) is 10.7. The van der Waals surface area contributed by atoms with Crippen LogP contribution in [-0.4, -0.2) is 17.5 Å². The van der Waals surface area contributed by atoms with Crippen molar-refractivity contribution in [3.05, 3.63) is 35.9 Å². The summed E-state index contributed by atoms with van der Waals surface area (Å²) in [7, 11) is 0. The molecule has 88 valence electrons. The van der Waals surface area contributed by atoms with Crippen LogP contribution in [0.4, 0.5) is 0 Å². The lowest BCUT2D eigenvalue weighted by Gasteiger charge is -2.10. The van der Waals surface area contributed by atoms with Crippen molar-refractivity contribution in [1.82, 2.24) is 0 Å². The van der Waals surface area contributed by atoms with Gasteiger partial charge in [0.1, 0.15) is 0 Å². The third-order valence-electron chi connectivity index (χ3n) is 3.28. The molecule has 3 atom stereocenters. The van der Waals surface area contributed by atoms with Gasteiger partial charge in [0.05, 0.1) is 0 Å². The molecule has 2 heteroatoms. The van der Waals surface area contributed by atoms with Gasteiger partial charge in [0.25, 0.3) is 0 Å². The van der Waals surface area contributed by atoms with Crippen LogP contribution in [0.1, 0.15) is 31.2 Å². The van der Waals surface area contributed by atoms with Crippen molar-refractivity contribution < 1.29 is 0 Å². The standard InChI is InChI=1S/C14H21NS/c1-2-8-16-10-14(15)13-9-12(13)11-6-4-3-5-7-11/h3-7,12-14H,2,8-10,15H2,1H3. The first-order chi connectivity index (χ1) is 7.83. The van der Waals surface area contributed by atoms with Gasteiger partial charge in [-0.15, -0.1) is 0 Å². The highest BCUT2D eigenvalue weighted by atomic mass is 32.2. The third kappa shape index (κ3) is 3.02. The number of benzene rings is 1. The summed E-state index contributed by atoms with van der Waals surface area (Å²) in [6.07, 6.45) is 2.54. The van der Waals surface area contributed by atoms with E-state index in [9.17, 15) is 0 Å². The highest BCUT2D eigenvalue weighted by molar-refractivity contribution is 7.99. The number of hydrogen-bond acceptors (Lipinski definition) is 2. The van der Waals surface area contributed by atoms with Gasteiger partial charge in [-0.2, -0.15) is 11.8 Å². The molecule has 0 saturated heterocycles. The normalized spacial score (nSPS) is 25.4. The van der Waals surface area contributed by atoms with Gasteiger partial charge in [0.15, 0.2) is 0 Å². The van der Waals surface area contributed by atoms with Crippen molar-refractivity contribution in [1.29, 1.82) is 0 Å². The van der Waals surface area contributed by atoms with E-state index in [0.717, 1.165) is 17.6 Å². The fourth-order valence-electron chi connectivity index (χ4n) is 2.26. The monoisotopic (exact) mass is 235 g/mol. The van der Waals surface area contributed by atoms with E-state index in [1.165, 1.54) is 24.2 Å². The summed E-state index contributed by atoms with van der Waals surface area (Å²) < 4.78 is 0. The van der Waals surface area contributed by atoms with Crippen molar-refractivity contribution in [2.45, 2.75) is 31.7 Å². The van der Waals surface area contributed by atoms with E-state index in [1.54, 1.807) is 0 Å². The summed E-state index contributed by atoms with van der Waals surface area (Å²) in [6, 6.07) is 11.2. The quantitative estimate of drug-likeness (QED) is 0.766. The molecule has 16 heavy (non-hydrogen) atoms. The van der Waals surface area contributed by atoms with Gasteiger partial charge in [0, 0.05) is 11.8 Å². The van der Waals surface area contributed by atoms with Gasteiger partial charge in [-0.1, -0.05) is 37.3 Å². The van der Waals surface area contributed by atoms with E-state index in [0.29, 0.717) is 6.04 Å². The summed E-state index contributed by atoms with van der Waals surface area (Å²) in [5.74, 6) is 3.84. The smallest absolute Gasteiger partial charge is 0.0165 e. The highest BCUT2D eigenvalue weighted by Crippen LogP contribution is 2.49. The number of rotatable bonds is 6. The fraction of sp³-hybridized carbons (Fsp3) is 0.571. The molecule has 0 spiro atoms. The Morgan fingerprint density at radius 1 is 1.38 bits per heavy atom. The average Bonchev–Trinajstić information content (AvgIpc) is 3.10. The van der Waals surface area contributed by atoms with E-state index < -0.39 is 0 Å². The SMILES string of the molecule is CCCSCC(N)C1CC1c1ccccc1. The lowest BCUT2D eigenvalue weighted by Crippen LogP contribution is -2.26. The van der Waals surface area contributed by atoms with Crippen molar-refractivity contribution >= 4 is 11.8 Å². The number of thioether (sulfide) groups is 1. The Balaban J connectivity index is 1.78. The topological polar surface area (TPSA) is 26.0 Å². The molecule has 1 aliphatic rings. The third-order valence-corrected chi connectivity index (χ3v) is 4.59. The first kappa shape index (κ1) is 12.0. The molecule has 0 radical (unpaired) electrons. The largest absolute Gasteiger partial charge is 0.327 e. The molecule has 1 saturated carbocycles. The molecule has 1 aliphatic carbocycles. The zero-order valence-electron chi connectivity index (χ0n) is 9.93. The van der Waals surface area contributed by atoms with Gasteiger partial charge in [-0.25, -0.2) is 0 Å². The summed E-state index contributed by atoms with van der Waals surface area (Å²) >= 11 is 2.00. The van der Waals surface area contributed by atoms with Crippen LogP contribution < -0.4 is 5.73 Å². The van der Waals surface area contributed by atoms with Crippen LogP contribution in [0, 0.1) is 5.92 Å². The Kier molecular flexibility index (Phi) is 4.30. The summed E-state index contributed by atoms with van der Waals surface area (Å²) in [6.45, 7) is 2.22. The van der Waals surface area contributed by atoms with Crippen LogP contribution in [0.15, 0.2) is 30.3 Å². The molecule has 3 unspecified atom stereocenters. The van der Waals surface area contributed by atoms with Crippen LogP contribution in [0.3, 0.4) is 0 Å². The van der Waals surface area contributed by atoms with E-state index in [4.69, 9.17) is 5.73 Å². The van der Waals surface area contributed by atoms with Gasteiger partial charge < -0.3 is 5.73 Å². The van der Waals surface area contributed by atoms with Crippen molar-refractivity contribution in [2.24, 2.45) is 11.7 Å². The van der Waals surface area contributed by atoms with Gasteiger partial charge in [-0.3, -0.25) is 0 Å². The second kappa shape index (κ2) is 5.74. The molecule has 0 heterocycles. The maximum absolute atomic E-state index is 6.23. The van der Waals surface area contributed by atoms with E-state index in [2.05, 4.69) is 37.3 Å². The molecular weight excluding hydrogens is 214 g/mol. The molecule has 1 aromatic rings. The maximum Gasteiger partial charge on any atom is 0.0165 e. The summed E-state index contributed by atoms with van der Waals surface area (Å²) in [4.78, 5) is 0. The van der Waals surface area contributed by atoms with Gasteiger partial charge in [0.2, 0.25) is 0 Å². The summed E-state index contributed by atoms with van der Waals surface area (Å²) in [5, 5.41) is 0. The first-order valence-corrected chi connectivity index (χ1v) is 7.36. The minimum atomic E-state index is 0.391. The van der Waals surface area contributed by atoms with Crippen LogP contribution >= 0.6 is 11.8 Å². The lowest BCUT2D eigenvalue weighted by molar-refractivity contribution is 0.640. The summed E-state index contributed by atoms with van der Waals surface area (Å²) in [5.41, 5.74) is 7.70. The molecule has 0 amide bonds. The Labute approximate surface area is 103 Å². The fourth-order valence-corrected chi connectivity index (χ4v) is 3.23. The number of nitrogens with two attached hydrogens (primary N) is 1. The molecule has 1 fully saturated rings. The minimum Gasteiger partial charge on any atom is -0.327 e. The van der Waals surface area contributed by atoms with Crippen LogP contribution in [0.5, 0.6) is 0 Å². The Bertz CT molecular complexity index is 312. The predicted molar refractivity (Wildman–Crippen MR) is 72.9 cm³/mol. The predicted octanol–water partition coefficient (Wildman–Crippen LogP) is 3.26. The molecule has 0 aliphatic heterocycles. The van der Waals surface area contributed by atoms with E-state index >= 15 is 0 Å². The minimum absolute atomic E-state index is 0.391. The van der Waals surface area contributed by atoms with Gasteiger partial charge >= 0.3 is 0 Å². The lowest BCUT2D eigenvalue weighted by atomic mass is 10.1. The average molecular weight is 235 g/mol.